The first-order chi connectivity index (χ1) is 12.5. The van der Waals surface area contributed by atoms with E-state index in [0.717, 1.165) is 0 Å². The van der Waals surface area contributed by atoms with E-state index in [0.29, 0.717) is 33.5 Å². The number of halogens is 1. The number of esters is 1. The maximum atomic E-state index is 12.2. The van der Waals surface area contributed by atoms with Crippen molar-refractivity contribution in [2.75, 3.05) is 38.5 Å². The average molecular weight is 379 g/mol. The second-order valence-corrected chi connectivity index (χ2v) is 5.56. The molecule has 0 bridgehead atoms. The van der Waals surface area contributed by atoms with Gasteiger partial charge in [0.05, 0.1) is 44.1 Å². The average Bonchev–Trinajstić information content (AvgIpc) is 2.67. The number of hydrogen-bond donors (Lipinski definition) is 2. The zero-order valence-electron chi connectivity index (χ0n) is 14.6. The Kier molecular flexibility index (Phi) is 6.68. The van der Waals surface area contributed by atoms with Gasteiger partial charge in [-0.2, -0.15) is 0 Å². The van der Waals surface area contributed by atoms with E-state index in [9.17, 15) is 9.59 Å². The van der Waals surface area contributed by atoms with Crippen LogP contribution >= 0.6 is 11.6 Å². The van der Waals surface area contributed by atoms with E-state index < -0.39 is 5.97 Å². The maximum absolute atomic E-state index is 12.2. The van der Waals surface area contributed by atoms with Crippen LogP contribution in [0.1, 0.15) is 10.4 Å². The molecule has 2 N–H and O–H groups in total. The molecule has 0 aliphatic heterocycles. The first kappa shape index (κ1) is 19.4. The molecule has 0 atom stereocenters. The Hall–Kier alpha value is -2.93. The minimum absolute atomic E-state index is 0.00569. The van der Waals surface area contributed by atoms with Gasteiger partial charge in [0, 0.05) is 11.8 Å². The van der Waals surface area contributed by atoms with Gasteiger partial charge in [0.2, 0.25) is 5.91 Å². The highest BCUT2D eigenvalue weighted by Gasteiger charge is 2.12. The maximum Gasteiger partial charge on any atom is 0.337 e. The van der Waals surface area contributed by atoms with E-state index in [-0.39, 0.29) is 12.5 Å². The Bertz CT molecular complexity index is 810. The summed E-state index contributed by atoms with van der Waals surface area (Å²) in [5, 5.41) is 5.95. The monoisotopic (exact) mass is 378 g/mol. The van der Waals surface area contributed by atoms with E-state index in [1.54, 1.807) is 25.3 Å². The molecule has 0 heterocycles. The highest BCUT2D eigenvalue weighted by atomic mass is 35.5. The molecule has 7 nitrogen and oxygen atoms in total. The Morgan fingerprint density at radius 1 is 1.00 bits per heavy atom. The first-order valence-electron chi connectivity index (χ1n) is 7.62. The number of carbonyl (C=O) groups excluding carboxylic acids is 2. The van der Waals surface area contributed by atoms with Gasteiger partial charge in [0.15, 0.2) is 11.5 Å². The molecule has 0 aliphatic rings. The number of methoxy groups -OCH3 is 3. The quantitative estimate of drug-likeness (QED) is 0.719. The van der Waals surface area contributed by atoms with Crippen LogP contribution in [0.2, 0.25) is 5.02 Å². The van der Waals surface area contributed by atoms with Gasteiger partial charge in [-0.05, 0) is 30.3 Å². The lowest BCUT2D eigenvalue weighted by Gasteiger charge is -2.12. The lowest BCUT2D eigenvalue weighted by molar-refractivity contribution is -0.114. The highest BCUT2D eigenvalue weighted by Crippen LogP contribution is 2.29. The molecule has 2 aromatic rings. The molecule has 0 saturated heterocycles. The topological polar surface area (TPSA) is 85.9 Å². The number of hydrogen-bond acceptors (Lipinski definition) is 6. The fraction of sp³-hybridized carbons (Fsp3) is 0.222. The Balaban J connectivity index is 2.02. The van der Waals surface area contributed by atoms with E-state index in [4.69, 9.17) is 21.1 Å². The zero-order chi connectivity index (χ0) is 19.1. The third-order valence-electron chi connectivity index (χ3n) is 3.50. The van der Waals surface area contributed by atoms with Gasteiger partial charge in [0.25, 0.3) is 0 Å². The molecule has 138 valence electrons. The van der Waals surface area contributed by atoms with Gasteiger partial charge in [0.1, 0.15) is 0 Å². The van der Waals surface area contributed by atoms with E-state index in [1.165, 1.54) is 32.4 Å². The Morgan fingerprint density at radius 3 is 2.38 bits per heavy atom. The van der Waals surface area contributed by atoms with Crippen molar-refractivity contribution in [3.05, 3.63) is 47.0 Å². The van der Waals surface area contributed by atoms with Crippen LogP contribution in [0, 0.1) is 0 Å². The third-order valence-corrected chi connectivity index (χ3v) is 3.83. The molecule has 0 saturated carbocycles. The Labute approximate surface area is 156 Å². The smallest absolute Gasteiger partial charge is 0.337 e. The third kappa shape index (κ3) is 4.80. The summed E-state index contributed by atoms with van der Waals surface area (Å²) in [6, 6.07) is 9.71. The van der Waals surface area contributed by atoms with Crippen molar-refractivity contribution in [1.82, 2.24) is 0 Å². The summed E-state index contributed by atoms with van der Waals surface area (Å²) in [6.07, 6.45) is 0. The van der Waals surface area contributed by atoms with Crippen LogP contribution in [0.15, 0.2) is 36.4 Å². The molecule has 2 aromatic carbocycles. The normalized spacial score (nSPS) is 10.0. The van der Waals surface area contributed by atoms with Gasteiger partial charge in [-0.25, -0.2) is 4.79 Å². The molecule has 0 aliphatic carbocycles. The number of carbonyl (C=O) groups is 2. The second kappa shape index (κ2) is 8.96. The molecule has 0 fully saturated rings. The molecule has 0 unspecified atom stereocenters. The minimum Gasteiger partial charge on any atom is -0.493 e. The van der Waals surface area contributed by atoms with Crippen molar-refractivity contribution < 1.29 is 23.8 Å². The second-order valence-electron chi connectivity index (χ2n) is 5.16. The summed E-state index contributed by atoms with van der Waals surface area (Å²) in [6.45, 7) is -0.00569. The van der Waals surface area contributed by atoms with Crippen LogP contribution in [-0.2, 0) is 9.53 Å². The lowest BCUT2D eigenvalue weighted by Crippen LogP contribution is -2.22. The molecule has 2 rings (SSSR count). The standard InChI is InChI=1S/C18H19ClN2O5/c1-24-15-7-5-12(9-16(15)25-2)20-10-17(22)21-14-8-11(18(23)26-3)4-6-13(14)19/h4-9,20H,10H2,1-3H3,(H,21,22). The van der Waals surface area contributed by atoms with Crippen molar-refractivity contribution in [1.29, 1.82) is 0 Å². The Morgan fingerprint density at radius 2 is 1.73 bits per heavy atom. The first-order valence-corrected chi connectivity index (χ1v) is 8.00. The molecular formula is C18H19ClN2O5. The summed E-state index contributed by atoms with van der Waals surface area (Å²) in [5.74, 6) is 0.296. The summed E-state index contributed by atoms with van der Waals surface area (Å²) in [4.78, 5) is 23.7. The number of amides is 1. The highest BCUT2D eigenvalue weighted by molar-refractivity contribution is 6.33. The van der Waals surface area contributed by atoms with E-state index in [1.807, 2.05) is 0 Å². The van der Waals surface area contributed by atoms with Crippen molar-refractivity contribution in [3.63, 3.8) is 0 Å². The number of rotatable bonds is 7. The predicted molar refractivity (Wildman–Crippen MR) is 99.5 cm³/mol. The van der Waals surface area contributed by atoms with Gasteiger partial charge in [-0.1, -0.05) is 11.6 Å². The summed E-state index contributed by atoms with van der Waals surface area (Å²) >= 11 is 6.06. The molecule has 1 amide bonds. The molecule has 0 spiro atoms. The number of ether oxygens (including phenoxy) is 3. The largest absolute Gasteiger partial charge is 0.493 e. The lowest BCUT2D eigenvalue weighted by atomic mass is 10.2. The molecule has 0 radical (unpaired) electrons. The van der Waals surface area contributed by atoms with Gasteiger partial charge < -0.3 is 24.8 Å². The van der Waals surface area contributed by atoms with Crippen molar-refractivity contribution >= 4 is 34.9 Å². The summed E-state index contributed by atoms with van der Waals surface area (Å²) in [7, 11) is 4.36. The van der Waals surface area contributed by atoms with Gasteiger partial charge >= 0.3 is 5.97 Å². The predicted octanol–water partition coefficient (Wildman–Crippen LogP) is 3.19. The summed E-state index contributed by atoms with van der Waals surface area (Å²) < 4.78 is 15.0. The minimum atomic E-state index is -0.513. The molecule has 0 aromatic heterocycles. The van der Waals surface area contributed by atoms with Crippen LogP contribution in [0.4, 0.5) is 11.4 Å². The van der Waals surface area contributed by atoms with Crippen molar-refractivity contribution in [2.24, 2.45) is 0 Å². The van der Waals surface area contributed by atoms with Crippen LogP contribution in [0.3, 0.4) is 0 Å². The van der Waals surface area contributed by atoms with Crippen LogP contribution in [0.5, 0.6) is 11.5 Å². The SMILES string of the molecule is COC(=O)c1ccc(Cl)c(NC(=O)CNc2ccc(OC)c(OC)c2)c1. The fourth-order valence-corrected chi connectivity index (χ4v) is 2.35. The van der Waals surface area contributed by atoms with Crippen LogP contribution in [-0.4, -0.2) is 39.8 Å². The van der Waals surface area contributed by atoms with Crippen molar-refractivity contribution in [2.45, 2.75) is 0 Å². The van der Waals surface area contributed by atoms with Gasteiger partial charge in [-0.15, -0.1) is 0 Å². The number of nitrogens with one attached hydrogen (secondary N) is 2. The van der Waals surface area contributed by atoms with E-state index in [2.05, 4.69) is 15.4 Å². The molecular weight excluding hydrogens is 360 g/mol. The molecule has 8 heteroatoms. The number of anilines is 2. The fourth-order valence-electron chi connectivity index (χ4n) is 2.19. The van der Waals surface area contributed by atoms with Gasteiger partial charge in [-0.3, -0.25) is 4.79 Å². The molecule has 26 heavy (non-hydrogen) atoms. The summed E-state index contributed by atoms with van der Waals surface area (Å²) in [5.41, 5.74) is 1.31. The van der Waals surface area contributed by atoms with E-state index >= 15 is 0 Å². The van der Waals surface area contributed by atoms with Crippen LogP contribution < -0.4 is 20.1 Å². The van der Waals surface area contributed by atoms with Crippen molar-refractivity contribution in [3.8, 4) is 11.5 Å². The number of benzene rings is 2. The zero-order valence-corrected chi connectivity index (χ0v) is 15.3. The van der Waals surface area contributed by atoms with Crippen LogP contribution in [0.25, 0.3) is 0 Å².